The van der Waals surface area contributed by atoms with Gasteiger partial charge in [0.25, 0.3) is 0 Å². The summed E-state index contributed by atoms with van der Waals surface area (Å²) in [7, 11) is 0. The van der Waals surface area contributed by atoms with Crippen molar-refractivity contribution in [1.29, 1.82) is 0 Å². The second kappa shape index (κ2) is 8.97. The molecule has 0 aromatic carbocycles. The average Bonchev–Trinajstić information content (AvgIpc) is 2.81. The van der Waals surface area contributed by atoms with Crippen LogP contribution in [0.3, 0.4) is 0 Å². The van der Waals surface area contributed by atoms with Gasteiger partial charge in [0, 0.05) is 25.7 Å². The fourth-order valence-corrected chi connectivity index (χ4v) is 2.25. The van der Waals surface area contributed by atoms with Crippen LogP contribution in [0.15, 0.2) is 0 Å². The van der Waals surface area contributed by atoms with Gasteiger partial charge in [0.2, 0.25) is 0 Å². The van der Waals surface area contributed by atoms with Crippen LogP contribution in [0.4, 0.5) is 0 Å². The maximum atomic E-state index is 5.65. The van der Waals surface area contributed by atoms with E-state index in [9.17, 15) is 0 Å². The Bertz CT molecular complexity index is 158. The summed E-state index contributed by atoms with van der Waals surface area (Å²) < 4.78 is 5.65. The highest BCUT2D eigenvalue weighted by Gasteiger charge is 2.20. The van der Waals surface area contributed by atoms with E-state index in [4.69, 9.17) is 4.74 Å². The van der Waals surface area contributed by atoms with E-state index in [0.29, 0.717) is 0 Å². The minimum absolute atomic E-state index is 0.745. The number of rotatable bonds is 9. The Balaban J connectivity index is 2.12. The van der Waals surface area contributed by atoms with Crippen LogP contribution in [0.25, 0.3) is 0 Å². The van der Waals surface area contributed by atoms with Crippen LogP contribution in [0.1, 0.15) is 39.5 Å². The van der Waals surface area contributed by atoms with Crippen molar-refractivity contribution < 1.29 is 4.74 Å². The molecule has 3 heteroatoms. The van der Waals surface area contributed by atoms with Crippen molar-refractivity contribution in [2.45, 2.75) is 45.6 Å². The first kappa shape index (κ1) is 13.9. The molecule has 0 spiro atoms. The maximum Gasteiger partial charge on any atom is 0.0593 e. The molecule has 1 saturated heterocycles. The van der Waals surface area contributed by atoms with Gasteiger partial charge in [-0.3, -0.25) is 4.90 Å². The molecule has 1 atom stereocenters. The van der Waals surface area contributed by atoms with Crippen molar-refractivity contribution in [3.05, 3.63) is 0 Å². The van der Waals surface area contributed by atoms with Crippen molar-refractivity contribution in [2.75, 3.05) is 39.4 Å². The number of hydrogen-bond donors (Lipinski definition) is 1. The predicted molar refractivity (Wildman–Crippen MR) is 68.9 cm³/mol. The Kier molecular flexibility index (Phi) is 7.81. The van der Waals surface area contributed by atoms with Crippen LogP contribution in [-0.4, -0.2) is 50.3 Å². The topological polar surface area (TPSA) is 24.5 Å². The van der Waals surface area contributed by atoms with E-state index in [0.717, 1.165) is 32.3 Å². The van der Waals surface area contributed by atoms with Crippen LogP contribution < -0.4 is 5.32 Å². The minimum atomic E-state index is 0.745. The van der Waals surface area contributed by atoms with E-state index in [1.165, 1.54) is 38.8 Å². The maximum absolute atomic E-state index is 5.65. The Morgan fingerprint density at radius 2 is 2.06 bits per heavy atom. The van der Waals surface area contributed by atoms with Crippen LogP contribution in [0.2, 0.25) is 0 Å². The molecule has 1 unspecified atom stereocenters. The molecule has 16 heavy (non-hydrogen) atoms. The lowest BCUT2D eigenvalue weighted by Gasteiger charge is -2.27. The van der Waals surface area contributed by atoms with Crippen LogP contribution in [-0.2, 0) is 4.74 Å². The van der Waals surface area contributed by atoms with Crippen molar-refractivity contribution in [3.63, 3.8) is 0 Å². The molecule has 0 radical (unpaired) electrons. The standard InChI is InChI=1S/C13H28N2O/c1-3-5-10-16-11-9-15(8-4-2)13-6-7-14-12-13/h13-14H,3-12H2,1-2H3. The van der Waals surface area contributed by atoms with Gasteiger partial charge in [0.15, 0.2) is 0 Å². The molecule has 0 aromatic heterocycles. The molecule has 1 rings (SSSR count). The van der Waals surface area contributed by atoms with Gasteiger partial charge in [0.1, 0.15) is 0 Å². The van der Waals surface area contributed by atoms with Gasteiger partial charge in [-0.15, -0.1) is 0 Å². The molecular formula is C13H28N2O. The molecular weight excluding hydrogens is 200 g/mol. The zero-order valence-electron chi connectivity index (χ0n) is 11.0. The molecule has 0 saturated carbocycles. The second-order valence-corrected chi connectivity index (χ2v) is 4.65. The number of nitrogens with zero attached hydrogens (tertiary/aromatic N) is 1. The van der Waals surface area contributed by atoms with Crippen molar-refractivity contribution in [2.24, 2.45) is 0 Å². The highest BCUT2D eigenvalue weighted by atomic mass is 16.5. The van der Waals surface area contributed by atoms with E-state index < -0.39 is 0 Å². The lowest BCUT2D eigenvalue weighted by molar-refractivity contribution is 0.0879. The second-order valence-electron chi connectivity index (χ2n) is 4.65. The van der Waals surface area contributed by atoms with E-state index in [2.05, 4.69) is 24.1 Å². The molecule has 0 aliphatic carbocycles. The Morgan fingerprint density at radius 1 is 1.19 bits per heavy atom. The third-order valence-electron chi connectivity index (χ3n) is 3.23. The third-order valence-corrected chi connectivity index (χ3v) is 3.23. The number of hydrogen-bond acceptors (Lipinski definition) is 3. The molecule has 96 valence electrons. The monoisotopic (exact) mass is 228 g/mol. The lowest BCUT2D eigenvalue weighted by Crippen LogP contribution is -2.39. The summed E-state index contributed by atoms with van der Waals surface area (Å²) in [5.74, 6) is 0. The molecule has 1 aliphatic rings. The largest absolute Gasteiger partial charge is 0.380 e. The summed E-state index contributed by atoms with van der Waals surface area (Å²) in [5, 5.41) is 3.44. The Labute approximate surface area is 101 Å². The number of nitrogens with one attached hydrogen (secondary N) is 1. The van der Waals surface area contributed by atoms with Crippen molar-refractivity contribution in [1.82, 2.24) is 10.2 Å². The predicted octanol–water partition coefficient (Wildman–Crippen LogP) is 1.88. The first-order valence-corrected chi connectivity index (χ1v) is 6.91. The first-order valence-electron chi connectivity index (χ1n) is 6.91. The summed E-state index contributed by atoms with van der Waals surface area (Å²) >= 11 is 0. The fraction of sp³-hybridized carbons (Fsp3) is 1.00. The lowest BCUT2D eigenvalue weighted by atomic mass is 10.2. The third kappa shape index (κ3) is 5.28. The summed E-state index contributed by atoms with van der Waals surface area (Å²) in [6.45, 7) is 10.9. The van der Waals surface area contributed by atoms with Gasteiger partial charge in [-0.2, -0.15) is 0 Å². The number of unbranched alkanes of at least 4 members (excludes halogenated alkanes) is 1. The van der Waals surface area contributed by atoms with Crippen molar-refractivity contribution in [3.8, 4) is 0 Å². The summed E-state index contributed by atoms with van der Waals surface area (Å²) in [6, 6.07) is 0.745. The van der Waals surface area contributed by atoms with Gasteiger partial charge in [0.05, 0.1) is 6.61 Å². The summed E-state index contributed by atoms with van der Waals surface area (Å²) in [5.41, 5.74) is 0. The normalized spacial score (nSPS) is 20.8. The number of ether oxygens (including phenoxy) is 1. The van der Waals surface area contributed by atoms with E-state index in [1.807, 2.05) is 0 Å². The quantitative estimate of drug-likeness (QED) is 0.610. The van der Waals surface area contributed by atoms with E-state index in [1.54, 1.807) is 0 Å². The SMILES string of the molecule is CCCCOCCN(CCC)C1CCNC1. The van der Waals surface area contributed by atoms with Crippen molar-refractivity contribution >= 4 is 0 Å². The fourth-order valence-electron chi connectivity index (χ4n) is 2.25. The molecule has 1 fully saturated rings. The van der Waals surface area contributed by atoms with Gasteiger partial charge in [-0.25, -0.2) is 0 Å². The molecule has 1 heterocycles. The highest BCUT2D eigenvalue weighted by molar-refractivity contribution is 4.80. The molecule has 1 N–H and O–H groups in total. The zero-order valence-corrected chi connectivity index (χ0v) is 11.0. The van der Waals surface area contributed by atoms with Crippen LogP contribution in [0, 0.1) is 0 Å². The van der Waals surface area contributed by atoms with Crippen LogP contribution in [0.5, 0.6) is 0 Å². The molecule has 1 aliphatic heterocycles. The molecule has 0 bridgehead atoms. The van der Waals surface area contributed by atoms with Gasteiger partial charge >= 0.3 is 0 Å². The first-order chi connectivity index (χ1) is 7.88. The Hall–Kier alpha value is -0.120. The molecule has 0 amide bonds. The molecule has 3 nitrogen and oxygen atoms in total. The van der Waals surface area contributed by atoms with E-state index in [-0.39, 0.29) is 0 Å². The minimum Gasteiger partial charge on any atom is -0.380 e. The molecule has 0 aromatic rings. The Morgan fingerprint density at radius 3 is 2.69 bits per heavy atom. The summed E-state index contributed by atoms with van der Waals surface area (Å²) in [4.78, 5) is 2.59. The highest BCUT2D eigenvalue weighted by Crippen LogP contribution is 2.08. The summed E-state index contributed by atoms with van der Waals surface area (Å²) in [6.07, 6.45) is 4.96. The van der Waals surface area contributed by atoms with Gasteiger partial charge in [-0.1, -0.05) is 20.3 Å². The smallest absolute Gasteiger partial charge is 0.0593 e. The van der Waals surface area contributed by atoms with Gasteiger partial charge in [-0.05, 0) is 32.4 Å². The van der Waals surface area contributed by atoms with Gasteiger partial charge < -0.3 is 10.1 Å². The zero-order chi connectivity index (χ0) is 11.6. The van der Waals surface area contributed by atoms with Crippen LogP contribution >= 0.6 is 0 Å². The van der Waals surface area contributed by atoms with E-state index >= 15 is 0 Å². The average molecular weight is 228 g/mol.